The second kappa shape index (κ2) is 3.63. The standard InChI is InChI=1S/C9H11BrN2/c1-3-4-12-6-8(10)5-9(11)7(12)2/h3-6H,2,11H2,1H3/b4-3-. The molecule has 0 atom stereocenters. The van der Waals surface area contributed by atoms with Crippen LogP contribution >= 0.6 is 15.9 Å². The molecule has 3 heteroatoms. The number of halogens is 1. The van der Waals surface area contributed by atoms with Gasteiger partial charge in [0.15, 0.2) is 0 Å². The minimum absolute atomic E-state index is 0.683. The summed E-state index contributed by atoms with van der Waals surface area (Å²) in [5, 5.41) is 0. The number of rotatable bonds is 1. The Morgan fingerprint density at radius 2 is 2.33 bits per heavy atom. The first-order valence-corrected chi connectivity index (χ1v) is 4.39. The van der Waals surface area contributed by atoms with Gasteiger partial charge in [-0.15, -0.1) is 0 Å². The molecule has 0 unspecified atom stereocenters. The van der Waals surface area contributed by atoms with Crippen LogP contribution in [0.3, 0.4) is 0 Å². The molecule has 2 N–H and O–H groups in total. The highest BCUT2D eigenvalue weighted by atomic mass is 79.9. The molecule has 0 saturated carbocycles. The van der Waals surface area contributed by atoms with Crippen molar-refractivity contribution in [3.63, 3.8) is 0 Å². The largest absolute Gasteiger partial charge is 0.397 e. The van der Waals surface area contributed by atoms with Gasteiger partial charge < -0.3 is 10.6 Å². The molecule has 2 nitrogen and oxygen atoms in total. The summed E-state index contributed by atoms with van der Waals surface area (Å²) in [5.74, 6) is 0. The van der Waals surface area contributed by atoms with Crippen LogP contribution in [0.4, 0.5) is 0 Å². The predicted octanol–water partition coefficient (Wildman–Crippen LogP) is 2.43. The molecule has 0 amide bonds. The van der Waals surface area contributed by atoms with Crippen molar-refractivity contribution in [1.29, 1.82) is 0 Å². The van der Waals surface area contributed by atoms with E-state index in [4.69, 9.17) is 5.73 Å². The summed E-state index contributed by atoms with van der Waals surface area (Å²) in [6, 6.07) is 0. The minimum atomic E-state index is 0.683. The molecule has 64 valence electrons. The predicted molar refractivity (Wildman–Crippen MR) is 55.1 cm³/mol. The van der Waals surface area contributed by atoms with Crippen molar-refractivity contribution in [1.82, 2.24) is 4.90 Å². The van der Waals surface area contributed by atoms with Crippen molar-refractivity contribution in [2.45, 2.75) is 6.92 Å². The van der Waals surface area contributed by atoms with E-state index in [2.05, 4.69) is 22.5 Å². The van der Waals surface area contributed by atoms with Crippen LogP contribution in [-0.4, -0.2) is 4.90 Å². The summed E-state index contributed by atoms with van der Waals surface area (Å²) in [6.07, 6.45) is 7.59. The van der Waals surface area contributed by atoms with E-state index in [-0.39, 0.29) is 0 Å². The molecule has 0 aromatic heterocycles. The van der Waals surface area contributed by atoms with Gasteiger partial charge >= 0.3 is 0 Å². The van der Waals surface area contributed by atoms with Crippen molar-refractivity contribution in [3.8, 4) is 0 Å². The zero-order valence-electron chi connectivity index (χ0n) is 6.92. The molecule has 0 aromatic rings. The van der Waals surface area contributed by atoms with Crippen LogP contribution in [0.25, 0.3) is 0 Å². The fourth-order valence-electron chi connectivity index (χ4n) is 0.923. The van der Waals surface area contributed by atoms with Crippen LogP contribution in [-0.2, 0) is 0 Å². The molecule has 0 saturated heterocycles. The van der Waals surface area contributed by atoms with Crippen LogP contribution in [0.1, 0.15) is 6.92 Å². The van der Waals surface area contributed by atoms with Crippen LogP contribution in [0, 0.1) is 0 Å². The van der Waals surface area contributed by atoms with E-state index >= 15 is 0 Å². The molecule has 0 spiro atoms. The van der Waals surface area contributed by atoms with E-state index in [0.717, 1.165) is 10.2 Å². The molecular weight excluding hydrogens is 216 g/mol. The Morgan fingerprint density at radius 1 is 1.67 bits per heavy atom. The zero-order chi connectivity index (χ0) is 9.14. The number of allylic oxidation sites excluding steroid dienone is 3. The van der Waals surface area contributed by atoms with E-state index < -0.39 is 0 Å². The Morgan fingerprint density at radius 3 is 2.92 bits per heavy atom. The molecule has 0 aromatic carbocycles. The van der Waals surface area contributed by atoms with E-state index in [9.17, 15) is 0 Å². The lowest BCUT2D eigenvalue weighted by atomic mass is 10.2. The van der Waals surface area contributed by atoms with Gasteiger partial charge in [-0.3, -0.25) is 0 Å². The van der Waals surface area contributed by atoms with Gasteiger partial charge in [-0.25, -0.2) is 0 Å². The Kier molecular flexibility index (Phi) is 2.76. The average molecular weight is 227 g/mol. The fourth-order valence-corrected chi connectivity index (χ4v) is 1.39. The molecule has 0 radical (unpaired) electrons. The Labute approximate surface area is 80.9 Å². The normalized spacial score (nSPS) is 18.2. The molecule has 1 rings (SSSR count). The maximum absolute atomic E-state index is 5.70. The number of hydrogen-bond acceptors (Lipinski definition) is 2. The SMILES string of the molecule is C=C1C(N)=CC(Br)=CN1/C=C\C. The molecule has 1 heterocycles. The van der Waals surface area contributed by atoms with Gasteiger partial charge in [0.1, 0.15) is 0 Å². The molecule has 1 aliphatic rings. The van der Waals surface area contributed by atoms with E-state index in [1.54, 1.807) is 0 Å². The smallest absolute Gasteiger partial charge is 0.0608 e. The lowest BCUT2D eigenvalue weighted by Gasteiger charge is -2.22. The monoisotopic (exact) mass is 226 g/mol. The molecule has 12 heavy (non-hydrogen) atoms. The highest BCUT2D eigenvalue weighted by molar-refractivity contribution is 9.11. The van der Waals surface area contributed by atoms with Gasteiger partial charge in [-0.2, -0.15) is 0 Å². The summed E-state index contributed by atoms with van der Waals surface area (Å²) < 4.78 is 0.950. The molecular formula is C9H11BrN2. The average Bonchev–Trinajstić information content (AvgIpc) is 2.00. The summed E-state index contributed by atoms with van der Waals surface area (Å²) in [6.45, 7) is 5.79. The number of nitrogens with zero attached hydrogens (tertiary/aromatic N) is 1. The maximum Gasteiger partial charge on any atom is 0.0608 e. The van der Waals surface area contributed by atoms with Gasteiger partial charge in [0.2, 0.25) is 0 Å². The quantitative estimate of drug-likeness (QED) is 0.745. The van der Waals surface area contributed by atoms with Crippen molar-refractivity contribution < 1.29 is 0 Å². The van der Waals surface area contributed by atoms with Gasteiger partial charge in [-0.1, -0.05) is 12.7 Å². The van der Waals surface area contributed by atoms with Crippen molar-refractivity contribution in [2.24, 2.45) is 5.73 Å². The third-order valence-electron chi connectivity index (χ3n) is 1.51. The second-order valence-electron chi connectivity index (χ2n) is 2.45. The van der Waals surface area contributed by atoms with Crippen molar-refractivity contribution >= 4 is 15.9 Å². The van der Waals surface area contributed by atoms with Crippen molar-refractivity contribution in [3.05, 3.63) is 47.0 Å². The highest BCUT2D eigenvalue weighted by Gasteiger charge is 2.09. The highest BCUT2D eigenvalue weighted by Crippen LogP contribution is 2.22. The lowest BCUT2D eigenvalue weighted by Crippen LogP contribution is -2.18. The van der Waals surface area contributed by atoms with Gasteiger partial charge in [0, 0.05) is 16.9 Å². The van der Waals surface area contributed by atoms with Crippen molar-refractivity contribution in [2.75, 3.05) is 0 Å². The van der Waals surface area contributed by atoms with Gasteiger partial charge in [0.05, 0.1) is 11.4 Å². The topological polar surface area (TPSA) is 29.3 Å². The molecule has 0 fully saturated rings. The first-order chi connectivity index (χ1) is 5.65. The van der Waals surface area contributed by atoms with E-state index in [0.29, 0.717) is 5.70 Å². The third kappa shape index (κ3) is 1.80. The maximum atomic E-state index is 5.70. The Balaban J connectivity index is 2.94. The molecule has 0 bridgehead atoms. The second-order valence-corrected chi connectivity index (χ2v) is 3.37. The summed E-state index contributed by atoms with van der Waals surface area (Å²) in [5.41, 5.74) is 7.19. The Hall–Kier alpha value is -0.960. The number of nitrogens with two attached hydrogens (primary N) is 1. The van der Waals surface area contributed by atoms with Crippen LogP contribution in [0.5, 0.6) is 0 Å². The first kappa shape index (κ1) is 9.13. The summed E-state index contributed by atoms with van der Waals surface area (Å²) in [4.78, 5) is 1.87. The van der Waals surface area contributed by atoms with Crippen LogP contribution in [0.2, 0.25) is 0 Å². The zero-order valence-corrected chi connectivity index (χ0v) is 8.51. The Bertz CT molecular complexity index is 287. The molecule has 1 aliphatic heterocycles. The summed E-state index contributed by atoms with van der Waals surface area (Å²) in [7, 11) is 0. The van der Waals surface area contributed by atoms with Crippen LogP contribution < -0.4 is 5.73 Å². The van der Waals surface area contributed by atoms with E-state index in [1.165, 1.54) is 0 Å². The minimum Gasteiger partial charge on any atom is -0.397 e. The van der Waals surface area contributed by atoms with E-state index in [1.807, 2.05) is 36.4 Å². The lowest BCUT2D eigenvalue weighted by molar-refractivity contribution is 0.631. The van der Waals surface area contributed by atoms with Gasteiger partial charge in [-0.05, 0) is 28.9 Å². The summed E-state index contributed by atoms with van der Waals surface area (Å²) >= 11 is 3.35. The van der Waals surface area contributed by atoms with Crippen LogP contribution in [0.15, 0.2) is 47.0 Å². The molecule has 0 aliphatic carbocycles. The third-order valence-corrected chi connectivity index (χ3v) is 1.94. The number of hydrogen-bond donors (Lipinski definition) is 1. The first-order valence-electron chi connectivity index (χ1n) is 3.60. The fraction of sp³-hybridized carbons (Fsp3) is 0.111. The van der Waals surface area contributed by atoms with Gasteiger partial charge in [0.25, 0.3) is 0 Å².